The zero-order valence-electron chi connectivity index (χ0n) is 15.2. The number of ether oxygens (including phenoxy) is 1. The molecule has 0 aliphatic rings. The van der Waals surface area contributed by atoms with Crippen LogP contribution in [0, 0.1) is 0 Å². The highest BCUT2D eigenvalue weighted by Crippen LogP contribution is 2.25. The van der Waals surface area contributed by atoms with Crippen LogP contribution < -0.4 is 4.74 Å². The predicted molar refractivity (Wildman–Crippen MR) is 102 cm³/mol. The molecule has 2 aromatic carbocycles. The van der Waals surface area contributed by atoms with Gasteiger partial charge in [0.05, 0.1) is 18.9 Å². The predicted octanol–water partition coefficient (Wildman–Crippen LogP) is 5.09. The van der Waals surface area contributed by atoms with E-state index in [1.54, 1.807) is 36.4 Å². The van der Waals surface area contributed by atoms with Gasteiger partial charge in [0.1, 0.15) is 5.75 Å². The Morgan fingerprint density at radius 1 is 0.962 bits per heavy atom. The van der Waals surface area contributed by atoms with Crippen LogP contribution in [0.15, 0.2) is 54.6 Å². The van der Waals surface area contributed by atoms with E-state index in [2.05, 4.69) is 6.92 Å². The Labute approximate surface area is 154 Å². The van der Waals surface area contributed by atoms with Crippen molar-refractivity contribution in [3.63, 3.8) is 0 Å². The van der Waals surface area contributed by atoms with Gasteiger partial charge in [-0.25, -0.2) is 0 Å². The third kappa shape index (κ3) is 6.03. The third-order valence-corrected chi connectivity index (χ3v) is 4.30. The minimum Gasteiger partial charge on any atom is -0.494 e. The highest BCUT2D eigenvalue weighted by molar-refractivity contribution is 6.02. The van der Waals surface area contributed by atoms with Crippen molar-refractivity contribution in [2.24, 2.45) is 0 Å². The number of carboxylic acid groups (broad SMARTS) is 1. The van der Waals surface area contributed by atoms with Gasteiger partial charge < -0.3 is 9.84 Å². The Morgan fingerprint density at radius 3 is 2.27 bits per heavy atom. The van der Waals surface area contributed by atoms with Crippen molar-refractivity contribution in [3.8, 4) is 5.75 Å². The lowest BCUT2D eigenvalue weighted by Gasteiger charge is -2.15. The smallest absolute Gasteiger partial charge is 0.304 e. The van der Waals surface area contributed by atoms with Crippen molar-refractivity contribution in [3.05, 3.63) is 65.7 Å². The maximum atomic E-state index is 12.8. The van der Waals surface area contributed by atoms with E-state index in [0.717, 1.165) is 24.2 Å². The standard InChI is InChI=1S/C22H26O4/c1-2-3-4-8-15-26-19-13-11-18(12-14-19)22(25)20(16-21(23)24)17-9-6-5-7-10-17/h5-7,9-14,20H,2-4,8,15-16H2,1H3,(H,23,24)/t20-/m1/s1. The van der Waals surface area contributed by atoms with Crippen LogP contribution >= 0.6 is 0 Å². The molecule has 1 N–H and O–H groups in total. The lowest BCUT2D eigenvalue weighted by molar-refractivity contribution is -0.137. The molecule has 4 heteroatoms. The molecule has 0 aliphatic heterocycles. The molecular weight excluding hydrogens is 328 g/mol. The molecule has 4 nitrogen and oxygen atoms in total. The first-order valence-electron chi connectivity index (χ1n) is 9.15. The van der Waals surface area contributed by atoms with Gasteiger partial charge in [0.25, 0.3) is 0 Å². The average molecular weight is 354 g/mol. The first kappa shape index (κ1) is 19.7. The van der Waals surface area contributed by atoms with Gasteiger partial charge in [-0.15, -0.1) is 0 Å². The van der Waals surface area contributed by atoms with Gasteiger partial charge in [0, 0.05) is 5.56 Å². The highest BCUT2D eigenvalue weighted by atomic mass is 16.5. The van der Waals surface area contributed by atoms with Crippen molar-refractivity contribution in [2.45, 2.75) is 44.9 Å². The molecule has 0 unspecified atom stereocenters. The number of unbranched alkanes of at least 4 members (excludes halogenated alkanes) is 3. The van der Waals surface area contributed by atoms with E-state index >= 15 is 0 Å². The summed E-state index contributed by atoms with van der Waals surface area (Å²) in [5.74, 6) is -1.13. The summed E-state index contributed by atoms with van der Waals surface area (Å²) in [5.41, 5.74) is 1.22. The van der Waals surface area contributed by atoms with E-state index in [1.165, 1.54) is 12.8 Å². The Kier molecular flexibility index (Phi) is 7.87. The first-order valence-corrected chi connectivity index (χ1v) is 9.15. The number of hydrogen-bond donors (Lipinski definition) is 1. The van der Waals surface area contributed by atoms with E-state index in [1.807, 2.05) is 18.2 Å². The Morgan fingerprint density at radius 2 is 1.65 bits per heavy atom. The summed E-state index contributed by atoms with van der Waals surface area (Å²) < 4.78 is 5.69. The van der Waals surface area contributed by atoms with Crippen LogP contribution in [-0.4, -0.2) is 23.5 Å². The number of carboxylic acids is 1. The van der Waals surface area contributed by atoms with Crippen LogP contribution in [0.3, 0.4) is 0 Å². The van der Waals surface area contributed by atoms with Crippen molar-refractivity contribution < 1.29 is 19.4 Å². The van der Waals surface area contributed by atoms with Crippen molar-refractivity contribution >= 4 is 11.8 Å². The number of Topliss-reactive ketones (excluding diaryl/α,β-unsaturated/α-hetero) is 1. The SMILES string of the molecule is CCCCCCOc1ccc(C(=O)[C@H](CC(=O)O)c2ccccc2)cc1. The zero-order chi connectivity index (χ0) is 18.8. The van der Waals surface area contributed by atoms with Crippen molar-refractivity contribution in [2.75, 3.05) is 6.61 Å². The second-order valence-corrected chi connectivity index (χ2v) is 6.36. The molecule has 0 fully saturated rings. The van der Waals surface area contributed by atoms with Crippen molar-refractivity contribution in [1.29, 1.82) is 0 Å². The van der Waals surface area contributed by atoms with Gasteiger partial charge in [-0.2, -0.15) is 0 Å². The van der Waals surface area contributed by atoms with Gasteiger partial charge in [0.15, 0.2) is 5.78 Å². The number of aliphatic carboxylic acids is 1. The van der Waals surface area contributed by atoms with E-state index in [0.29, 0.717) is 12.2 Å². The Hall–Kier alpha value is -2.62. The number of benzene rings is 2. The highest BCUT2D eigenvalue weighted by Gasteiger charge is 2.24. The molecule has 0 saturated heterocycles. The lowest BCUT2D eigenvalue weighted by atomic mass is 9.88. The van der Waals surface area contributed by atoms with Crippen LogP contribution in [0.4, 0.5) is 0 Å². The molecule has 0 heterocycles. The zero-order valence-corrected chi connectivity index (χ0v) is 15.2. The van der Waals surface area contributed by atoms with Gasteiger partial charge in [-0.05, 0) is 36.2 Å². The first-order chi connectivity index (χ1) is 12.6. The topological polar surface area (TPSA) is 63.6 Å². The van der Waals surface area contributed by atoms with E-state index in [4.69, 9.17) is 4.74 Å². The van der Waals surface area contributed by atoms with Crippen molar-refractivity contribution in [1.82, 2.24) is 0 Å². The van der Waals surface area contributed by atoms with Gasteiger partial charge in [0.2, 0.25) is 0 Å². The maximum absolute atomic E-state index is 12.8. The largest absolute Gasteiger partial charge is 0.494 e. The number of carbonyl (C=O) groups excluding carboxylic acids is 1. The second kappa shape index (κ2) is 10.4. The molecule has 0 spiro atoms. The third-order valence-electron chi connectivity index (χ3n) is 4.30. The number of carbonyl (C=O) groups is 2. The summed E-state index contributed by atoms with van der Waals surface area (Å²) >= 11 is 0. The molecular formula is C22H26O4. The van der Waals surface area contributed by atoms with Gasteiger partial charge in [-0.1, -0.05) is 56.5 Å². The molecule has 0 amide bonds. The average Bonchev–Trinajstić information content (AvgIpc) is 2.66. The molecule has 0 radical (unpaired) electrons. The Balaban J connectivity index is 2.03. The van der Waals surface area contributed by atoms with Crippen LogP contribution in [0.1, 0.15) is 60.9 Å². The number of ketones is 1. The molecule has 138 valence electrons. The minimum absolute atomic E-state index is 0.187. The summed E-state index contributed by atoms with van der Waals surface area (Å²) in [4.78, 5) is 24.0. The van der Waals surface area contributed by atoms with Crippen LogP contribution in [0.25, 0.3) is 0 Å². The Bertz CT molecular complexity index is 692. The van der Waals surface area contributed by atoms with Crippen LogP contribution in [0.5, 0.6) is 5.75 Å². The quantitative estimate of drug-likeness (QED) is 0.451. The summed E-state index contributed by atoms with van der Waals surface area (Å²) in [7, 11) is 0. The second-order valence-electron chi connectivity index (χ2n) is 6.36. The molecule has 2 rings (SSSR count). The fourth-order valence-corrected chi connectivity index (χ4v) is 2.86. The number of rotatable bonds is 11. The minimum atomic E-state index is -0.987. The van der Waals surface area contributed by atoms with Gasteiger partial charge >= 0.3 is 5.97 Å². The monoisotopic (exact) mass is 354 g/mol. The van der Waals surface area contributed by atoms with Gasteiger partial charge in [-0.3, -0.25) is 9.59 Å². The molecule has 0 aliphatic carbocycles. The molecule has 1 atom stereocenters. The summed E-state index contributed by atoms with van der Waals surface area (Å²) in [6.45, 7) is 2.84. The fraction of sp³-hybridized carbons (Fsp3) is 0.364. The van der Waals surface area contributed by atoms with E-state index in [-0.39, 0.29) is 12.2 Å². The fourth-order valence-electron chi connectivity index (χ4n) is 2.86. The molecule has 0 saturated carbocycles. The number of hydrogen-bond acceptors (Lipinski definition) is 3. The summed E-state index contributed by atoms with van der Waals surface area (Å²) in [6, 6.07) is 16.0. The summed E-state index contributed by atoms with van der Waals surface area (Å²) in [6.07, 6.45) is 4.35. The molecule has 0 bridgehead atoms. The molecule has 0 aromatic heterocycles. The summed E-state index contributed by atoms with van der Waals surface area (Å²) in [5, 5.41) is 9.17. The van der Waals surface area contributed by atoms with E-state index in [9.17, 15) is 14.7 Å². The van der Waals surface area contributed by atoms with Crippen LogP contribution in [0.2, 0.25) is 0 Å². The lowest BCUT2D eigenvalue weighted by Crippen LogP contribution is -2.17. The van der Waals surface area contributed by atoms with Crippen LogP contribution in [-0.2, 0) is 4.79 Å². The molecule has 2 aromatic rings. The normalized spacial score (nSPS) is 11.7. The molecule has 26 heavy (non-hydrogen) atoms. The van der Waals surface area contributed by atoms with E-state index < -0.39 is 11.9 Å². The maximum Gasteiger partial charge on any atom is 0.304 e.